The number of fused-ring (bicyclic) bond motifs is 2. The molecular formula is C29H27N2O4+. The Bertz CT molecular complexity index is 1430. The van der Waals surface area contributed by atoms with Crippen LogP contribution in [0.3, 0.4) is 0 Å². The molecule has 2 aromatic heterocycles. The summed E-state index contributed by atoms with van der Waals surface area (Å²) >= 11 is 0. The second-order valence-corrected chi connectivity index (χ2v) is 8.03. The summed E-state index contributed by atoms with van der Waals surface area (Å²) in [7, 11) is 6.71. The molecule has 2 heterocycles. The molecule has 5 rings (SSSR count). The molecule has 35 heavy (non-hydrogen) atoms. The molecule has 0 aliphatic rings. The van der Waals surface area contributed by atoms with Gasteiger partial charge in [-0.1, -0.05) is 24.3 Å². The van der Waals surface area contributed by atoms with Crippen LogP contribution in [-0.2, 0) is 6.54 Å². The van der Waals surface area contributed by atoms with E-state index in [0.717, 1.165) is 50.1 Å². The van der Waals surface area contributed by atoms with E-state index in [0.29, 0.717) is 18.0 Å². The van der Waals surface area contributed by atoms with Crippen LogP contribution in [0.25, 0.3) is 32.9 Å². The molecule has 3 aromatic carbocycles. The molecule has 6 heteroatoms. The Balaban J connectivity index is 2.03. The summed E-state index contributed by atoms with van der Waals surface area (Å²) in [6, 6.07) is 23.9. The van der Waals surface area contributed by atoms with Crippen LogP contribution in [0.4, 0.5) is 0 Å². The second-order valence-electron chi connectivity index (χ2n) is 8.03. The summed E-state index contributed by atoms with van der Waals surface area (Å²) in [5.41, 5.74) is 4.72. The van der Waals surface area contributed by atoms with Crippen LogP contribution in [0.5, 0.6) is 23.0 Å². The van der Waals surface area contributed by atoms with E-state index in [2.05, 4.69) is 21.7 Å². The molecule has 0 unspecified atom stereocenters. The third-order valence-corrected chi connectivity index (χ3v) is 6.25. The van der Waals surface area contributed by atoms with Gasteiger partial charge in [0.1, 0.15) is 28.7 Å². The molecule has 0 bridgehead atoms. The first-order valence-corrected chi connectivity index (χ1v) is 11.3. The Labute approximate surface area is 204 Å². The zero-order valence-corrected chi connectivity index (χ0v) is 20.2. The second kappa shape index (κ2) is 9.50. The minimum Gasteiger partial charge on any atom is -0.496 e. The number of rotatable bonds is 7. The quantitative estimate of drug-likeness (QED) is 0.236. The molecule has 6 nitrogen and oxygen atoms in total. The van der Waals surface area contributed by atoms with Gasteiger partial charge in [-0.3, -0.25) is 4.98 Å². The van der Waals surface area contributed by atoms with E-state index >= 15 is 0 Å². The van der Waals surface area contributed by atoms with E-state index in [1.54, 1.807) is 28.4 Å². The standard InChI is InChI=1S/C29H27N2O4/c1-32-22-13-7-11-20-26(22)29(28-24(34-3)15-9-16-25(28)35-4)27-21(12-8-14-23(27)33-2)31(20)18-19-10-5-6-17-30-19/h5-17H,18H2,1-4H3/q+1. The normalized spacial score (nSPS) is 11.0. The van der Waals surface area contributed by atoms with Crippen molar-refractivity contribution in [1.29, 1.82) is 0 Å². The van der Waals surface area contributed by atoms with Crippen molar-refractivity contribution < 1.29 is 23.5 Å². The minimum atomic E-state index is 0.581. The van der Waals surface area contributed by atoms with E-state index in [9.17, 15) is 0 Å². The Morgan fingerprint density at radius 1 is 0.571 bits per heavy atom. The van der Waals surface area contributed by atoms with Crippen LogP contribution in [0, 0.1) is 0 Å². The van der Waals surface area contributed by atoms with Crippen LogP contribution < -0.4 is 23.5 Å². The SMILES string of the molecule is COc1cccc(OC)c1-c1c2c(OC)cccc2[n+](Cc2ccccn2)c2cccc(OC)c12. The molecular weight excluding hydrogens is 440 g/mol. The molecule has 0 amide bonds. The first kappa shape index (κ1) is 22.5. The van der Waals surface area contributed by atoms with Gasteiger partial charge in [0.15, 0.2) is 6.54 Å². The fourth-order valence-corrected chi connectivity index (χ4v) is 4.76. The van der Waals surface area contributed by atoms with Gasteiger partial charge in [0, 0.05) is 23.9 Å². The van der Waals surface area contributed by atoms with Crippen LogP contribution in [0.15, 0.2) is 79.0 Å². The van der Waals surface area contributed by atoms with E-state index in [-0.39, 0.29) is 0 Å². The van der Waals surface area contributed by atoms with Crippen molar-refractivity contribution in [3.63, 3.8) is 0 Å². The van der Waals surface area contributed by atoms with Crippen molar-refractivity contribution in [3.05, 3.63) is 84.7 Å². The molecule has 0 aliphatic heterocycles. The number of hydrogen-bond donors (Lipinski definition) is 0. The maximum absolute atomic E-state index is 5.91. The van der Waals surface area contributed by atoms with Gasteiger partial charge in [0.05, 0.1) is 44.8 Å². The molecule has 0 spiro atoms. The van der Waals surface area contributed by atoms with Crippen molar-refractivity contribution in [2.45, 2.75) is 6.54 Å². The summed E-state index contributed by atoms with van der Waals surface area (Å²) in [5, 5.41) is 1.87. The van der Waals surface area contributed by atoms with Crippen LogP contribution in [0.1, 0.15) is 5.69 Å². The molecule has 0 atom stereocenters. The fourth-order valence-electron chi connectivity index (χ4n) is 4.76. The third-order valence-electron chi connectivity index (χ3n) is 6.25. The Morgan fingerprint density at radius 2 is 1.09 bits per heavy atom. The van der Waals surface area contributed by atoms with E-state index in [1.165, 1.54) is 0 Å². The number of aromatic nitrogens is 2. The largest absolute Gasteiger partial charge is 0.496 e. The molecule has 0 radical (unpaired) electrons. The van der Waals surface area contributed by atoms with Crippen LogP contribution in [0.2, 0.25) is 0 Å². The molecule has 0 N–H and O–H groups in total. The highest BCUT2D eigenvalue weighted by atomic mass is 16.5. The zero-order chi connectivity index (χ0) is 24.4. The summed E-state index contributed by atoms with van der Waals surface area (Å²) in [6.07, 6.45) is 1.81. The van der Waals surface area contributed by atoms with Gasteiger partial charge in [-0.25, -0.2) is 0 Å². The predicted octanol–water partition coefficient (Wildman–Crippen LogP) is 5.43. The summed E-state index contributed by atoms with van der Waals surface area (Å²) < 4.78 is 25.7. The highest BCUT2D eigenvalue weighted by Crippen LogP contribution is 2.48. The lowest BCUT2D eigenvalue weighted by atomic mass is 9.93. The third kappa shape index (κ3) is 3.77. The number of ether oxygens (including phenoxy) is 4. The molecule has 0 fully saturated rings. The van der Waals surface area contributed by atoms with E-state index in [4.69, 9.17) is 18.9 Å². The van der Waals surface area contributed by atoms with Crippen molar-refractivity contribution in [1.82, 2.24) is 4.98 Å². The average Bonchev–Trinajstić information content (AvgIpc) is 2.92. The van der Waals surface area contributed by atoms with Gasteiger partial charge < -0.3 is 18.9 Å². The highest BCUT2D eigenvalue weighted by molar-refractivity contribution is 6.13. The van der Waals surface area contributed by atoms with Crippen molar-refractivity contribution in [3.8, 4) is 34.1 Å². The predicted molar refractivity (Wildman–Crippen MR) is 137 cm³/mol. The van der Waals surface area contributed by atoms with Gasteiger partial charge in [-0.05, 0) is 36.4 Å². The van der Waals surface area contributed by atoms with Gasteiger partial charge >= 0.3 is 0 Å². The van der Waals surface area contributed by atoms with Gasteiger partial charge in [-0.2, -0.15) is 4.57 Å². The summed E-state index contributed by atoms with van der Waals surface area (Å²) in [6.45, 7) is 0.581. The van der Waals surface area contributed by atoms with Crippen molar-refractivity contribution in [2.75, 3.05) is 28.4 Å². The lowest BCUT2D eigenvalue weighted by molar-refractivity contribution is -0.636. The van der Waals surface area contributed by atoms with Gasteiger partial charge in [0.2, 0.25) is 11.0 Å². The van der Waals surface area contributed by atoms with Crippen LogP contribution >= 0.6 is 0 Å². The van der Waals surface area contributed by atoms with E-state index in [1.807, 2.05) is 66.9 Å². The average molecular weight is 468 g/mol. The zero-order valence-electron chi connectivity index (χ0n) is 20.2. The number of nitrogens with zero attached hydrogens (tertiary/aromatic N) is 2. The lowest BCUT2D eigenvalue weighted by Gasteiger charge is -2.19. The van der Waals surface area contributed by atoms with Gasteiger partial charge in [-0.15, -0.1) is 0 Å². The molecule has 176 valence electrons. The molecule has 5 aromatic rings. The maximum Gasteiger partial charge on any atom is 0.217 e. The number of pyridine rings is 2. The first-order valence-electron chi connectivity index (χ1n) is 11.3. The number of benzene rings is 3. The monoisotopic (exact) mass is 467 g/mol. The summed E-state index contributed by atoms with van der Waals surface area (Å²) in [4.78, 5) is 4.58. The van der Waals surface area contributed by atoms with Gasteiger partial charge in [0.25, 0.3) is 0 Å². The maximum atomic E-state index is 5.91. The Kier molecular flexibility index (Phi) is 6.10. The summed E-state index contributed by atoms with van der Waals surface area (Å²) in [5.74, 6) is 2.89. The lowest BCUT2D eigenvalue weighted by Crippen LogP contribution is -2.37. The van der Waals surface area contributed by atoms with E-state index < -0.39 is 0 Å². The Hall–Kier alpha value is -4.32. The minimum absolute atomic E-state index is 0.581. The molecule has 0 aliphatic carbocycles. The first-order chi connectivity index (χ1) is 17.2. The van der Waals surface area contributed by atoms with Crippen molar-refractivity contribution >= 4 is 21.8 Å². The smallest absolute Gasteiger partial charge is 0.217 e. The highest BCUT2D eigenvalue weighted by Gasteiger charge is 2.29. The number of hydrogen-bond acceptors (Lipinski definition) is 5. The molecule has 0 saturated carbocycles. The molecule has 0 saturated heterocycles. The van der Waals surface area contributed by atoms with Crippen LogP contribution in [-0.4, -0.2) is 33.4 Å². The Morgan fingerprint density at radius 3 is 1.57 bits per heavy atom. The fraction of sp³-hybridized carbons (Fsp3) is 0.172. The van der Waals surface area contributed by atoms with Crippen molar-refractivity contribution in [2.24, 2.45) is 0 Å². The topological polar surface area (TPSA) is 53.7 Å². The number of methoxy groups -OCH3 is 4.